The normalized spacial score (nSPS) is 22.0. The quantitative estimate of drug-likeness (QED) is 0.651. The zero-order valence-corrected chi connectivity index (χ0v) is 18.2. The molecule has 0 aliphatic carbocycles. The molecule has 0 radical (unpaired) electrons. The van der Waals surface area contributed by atoms with E-state index in [4.69, 9.17) is 14.2 Å². The first-order valence-electron chi connectivity index (χ1n) is 10.8. The molecule has 2 aliphatic rings. The van der Waals surface area contributed by atoms with E-state index in [1.165, 1.54) is 0 Å². The summed E-state index contributed by atoms with van der Waals surface area (Å²) in [5.41, 5.74) is 1.70. The first-order chi connectivity index (χ1) is 15.5. The van der Waals surface area contributed by atoms with Crippen molar-refractivity contribution in [2.45, 2.75) is 25.3 Å². The SMILES string of the molecule is CCCNC(=O)CN1CC(c2ccc3c(c2)OCO3)[C@H](C(=O)O)[C@H]1c1ccc(OC)cc1. The first-order valence-corrected chi connectivity index (χ1v) is 10.8. The molecule has 0 aromatic heterocycles. The van der Waals surface area contributed by atoms with Crippen LogP contribution in [0.25, 0.3) is 0 Å². The summed E-state index contributed by atoms with van der Waals surface area (Å²) < 4.78 is 16.2. The van der Waals surface area contributed by atoms with E-state index in [1.54, 1.807) is 7.11 Å². The van der Waals surface area contributed by atoms with Gasteiger partial charge in [-0.05, 0) is 41.8 Å². The molecular weight excluding hydrogens is 412 g/mol. The number of nitrogens with zero attached hydrogens (tertiary/aromatic N) is 1. The predicted molar refractivity (Wildman–Crippen MR) is 117 cm³/mol. The van der Waals surface area contributed by atoms with Crippen molar-refractivity contribution in [3.05, 3.63) is 53.6 Å². The molecular formula is C24H28N2O6. The molecule has 8 nitrogen and oxygen atoms in total. The third-order valence-corrected chi connectivity index (χ3v) is 6.08. The minimum atomic E-state index is -0.898. The van der Waals surface area contributed by atoms with Gasteiger partial charge >= 0.3 is 5.97 Å². The van der Waals surface area contributed by atoms with Crippen LogP contribution in [0.3, 0.4) is 0 Å². The molecule has 1 saturated heterocycles. The monoisotopic (exact) mass is 440 g/mol. The number of hydrogen-bond donors (Lipinski definition) is 2. The molecule has 1 amide bonds. The minimum absolute atomic E-state index is 0.110. The Kier molecular flexibility index (Phi) is 6.50. The molecule has 1 fully saturated rings. The highest BCUT2D eigenvalue weighted by atomic mass is 16.7. The van der Waals surface area contributed by atoms with Crippen LogP contribution in [0.15, 0.2) is 42.5 Å². The number of methoxy groups -OCH3 is 1. The number of aliphatic carboxylic acids is 1. The molecule has 1 unspecified atom stereocenters. The summed E-state index contributed by atoms with van der Waals surface area (Å²) in [7, 11) is 1.59. The Morgan fingerprint density at radius 1 is 1.12 bits per heavy atom. The van der Waals surface area contributed by atoms with E-state index in [-0.39, 0.29) is 25.2 Å². The van der Waals surface area contributed by atoms with E-state index >= 15 is 0 Å². The number of hydrogen-bond acceptors (Lipinski definition) is 6. The smallest absolute Gasteiger partial charge is 0.309 e. The van der Waals surface area contributed by atoms with Gasteiger partial charge in [-0.1, -0.05) is 25.1 Å². The van der Waals surface area contributed by atoms with Crippen LogP contribution in [0.4, 0.5) is 0 Å². The van der Waals surface area contributed by atoms with Crippen LogP contribution in [0.2, 0.25) is 0 Å². The van der Waals surface area contributed by atoms with Crippen molar-refractivity contribution in [3.63, 3.8) is 0 Å². The lowest BCUT2D eigenvalue weighted by atomic mass is 9.82. The molecule has 170 valence electrons. The fourth-order valence-electron chi connectivity index (χ4n) is 4.58. The molecule has 0 bridgehead atoms. The second-order valence-electron chi connectivity index (χ2n) is 8.08. The standard InChI is InChI=1S/C24H28N2O6/c1-3-10-25-21(27)13-26-12-18(16-6-9-19-20(11-16)32-14-31-19)22(24(28)29)23(26)15-4-7-17(30-2)8-5-15/h4-9,11,18,22-23H,3,10,12-14H2,1-2H3,(H,25,27)(H,28,29)/t18?,22-,23+/m0/s1. The number of rotatable bonds is 8. The number of benzene rings is 2. The lowest BCUT2D eigenvalue weighted by molar-refractivity contribution is -0.143. The third kappa shape index (κ3) is 4.36. The van der Waals surface area contributed by atoms with E-state index < -0.39 is 17.9 Å². The molecule has 0 saturated carbocycles. The van der Waals surface area contributed by atoms with E-state index in [9.17, 15) is 14.7 Å². The molecule has 2 aromatic carbocycles. The Balaban J connectivity index is 1.69. The lowest BCUT2D eigenvalue weighted by Crippen LogP contribution is -2.38. The van der Waals surface area contributed by atoms with Gasteiger partial charge in [0.15, 0.2) is 11.5 Å². The van der Waals surface area contributed by atoms with Gasteiger partial charge in [-0.25, -0.2) is 0 Å². The summed E-state index contributed by atoms with van der Waals surface area (Å²) in [6, 6.07) is 12.5. The molecule has 8 heteroatoms. The average molecular weight is 440 g/mol. The minimum Gasteiger partial charge on any atom is -0.497 e. The average Bonchev–Trinajstić information content (AvgIpc) is 3.42. The van der Waals surface area contributed by atoms with Crippen LogP contribution in [0, 0.1) is 5.92 Å². The Labute approximate surface area is 187 Å². The fraction of sp³-hybridized carbons (Fsp3) is 0.417. The van der Waals surface area contributed by atoms with Crippen LogP contribution >= 0.6 is 0 Å². The number of fused-ring (bicyclic) bond motifs is 1. The van der Waals surface area contributed by atoms with Gasteiger partial charge in [0.05, 0.1) is 19.6 Å². The Morgan fingerprint density at radius 2 is 1.84 bits per heavy atom. The highest BCUT2D eigenvalue weighted by Crippen LogP contribution is 2.47. The number of nitrogens with one attached hydrogen (secondary N) is 1. The highest BCUT2D eigenvalue weighted by molar-refractivity contribution is 5.79. The van der Waals surface area contributed by atoms with Crippen molar-refractivity contribution in [2.24, 2.45) is 5.92 Å². The zero-order chi connectivity index (χ0) is 22.7. The Bertz CT molecular complexity index is 977. The van der Waals surface area contributed by atoms with Gasteiger partial charge in [0.25, 0.3) is 0 Å². The summed E-state index contributed by atoms with van der Waals surface area (Å²) in [6.45, 7) is 3.30. The van der Waals surface area contributed by atoms with Crippen molar-refractivity contribution >= 4 is 11.9 Å². The summed E-state index contributed by atoms with van der Waals surface area (Å²) >= 11 is 0. The van der Waals surface area contributed by atoms with Crippen LogP contribution in [-0.4, -0.2) is 55.4 Å². The Morgan fingerprint density at radius 3 is 2.53 bits per heavy atom. The summed E-state index contributed by atoms with van der Waals surface area (Å²) in [4.78, 5) is 27.0. The van der Waals surface area contributed by atoms with Crippen LogP contribution < -0.4 is 19.5 Å². The number of carbonyl (C=O) groups excluding carboxylic acids is 1. The molecule has 2 aromatic rings. The summed E-state index contributed by atoms with van der Waals surface area (Å²) in [5, 5.41) is 13.2. The van der Waals surface area contributed by atoms with Crippen LogP contribution in [0.5, 0.6) is 17.2 Å². The van der Waals surface area contributed by atoms with Crippen molar-refractivity contribution < 1.29 is 28.9 Å². The van der Waals surface area contributed by atoms with Gasteiger partial charge in [-0.3, -0.25) is 14.5 Å². The lowest BCUT2D eigenvalue weighted by Gasteiger charge is -2.27. The number of amides is 1. The molecule has 2 N–H and O–H groups in total. The van der Waals surface area contributed by atoms with Gasteiger partial charge in [0.1, 0.15) is 5.75 Å². The molecule has 2 heterocycles. The topological polar surface area (TPSA) is 97.3 Å². The van der Waals surface area contributed by atoms with Gasteiger partial charge in [0, 0.05) is 25.0 Å². The maximum atomic E-state index is 12.6. The highest BCUT2D eigenvalue weighted by Gasteiger charge is 2.48. The zero-order valence-electron chi connectivity index (χ0n) is 18.2. The second kappa shape index (κ2) is 9.48. The van der Waals surface area contributed by atoms with Crippen molar-refractivity contribution in [2.75, 3.05) is 33.5 Å². The predicted octanol–water partition coefficient (Wildman–Crippen LogP) is 2.79. The second-order valence-corrected chi connectivity index (χ2v) is 8.08. The molecule has 3 atom stereocenters. The Hall–Kier alpha value is -3.26. The maximum Gasteiger partial charge on any atom is 0.309 e. The number of carbonyl (C=O) groups is 2. The maximum absolute atomic E-state index is 12.6. The number of carboxylic acid groups (broad SMARTS) is 1. The number of carboxylic acids is 1. The third-order valence-electron chi connectivity index (χ3n) is 6.08. The van der Waals surface area contributed by atoms with Crippen LogP contribution in [0.1, 0.15) is 36.4 Å². The van der Waals surface area contributed by atoms with E-state index in [0.29, 0.717) is 30.3 Å². The van der Waals surface area contributed by atoms with Gasteiger partial charge in [-0.2, -0.15) is 0 Å². The van der Waals surface area contributed by atoms with E-state index in [0.717, 1.165) is 17.5 Å². The van der Waals surface area contributed by atoms with E-state index in [2.05, 4.69) is 5.32 Å². The summed E-state index contributed by atoms with van der Waals surface area (Å²) in [6.07, 6.45) is 0.839. The van der Waals surface area contributed by atoms with Crippen molar-refractivity contribution in [1.82, 2.24) is 10.2 Å². The molecule has 4 rings (SSSR count). The molecule has 0 spiro atoms. The molecule has 32 heavy (non-hydrogen) atoms. The summed E-state index contributed by atoms with van der Waals surface area (Å²) in [5.74, 6) is -0.0901. The van der Waals surface area contributed by atoms with Crippen LogP contribution in [-0.2, 0) is 9.59 Å². The fourth-order valence-corrected chi connectivity index (χ4v) is 4.58. The number of ether oxygens (including phenoxy) is 3. The number of likely N-dealkylation sites (tertiary alicyclic amines) is 1. The first kappa shape index (κ1) is 22.0. The molecule has 2 aliphatic heterocycles. The van der Waals surface area contributed by atoms with Gasteiger partial charge < -0.3 is 24.6 Å². The van der Waals surface area contributed by atoms with Gasteiger partial charge in [0.2, 0.25) is 12.7 Å². The van der Waals surface area contributed by atoms with Gasteiger partial charge in [-0.15, -0.1) is 0 Å². The van der Waals surface area contributed by atoms with E-state index in [1.807, 2.05) is 54.3 Å². The van der Waals surface area contributed by atoms with Crippen molar-refractivity contribution in [1.29, 1.82) is 0 Å². The van der Waals surface area contributed by atoms with Crippen molar-refractivity contribution in [3.8, 4) is 17.2 Å². The largest absolute Gasteiger partial charge is 0.497 e.